The summed E-state index contributed by atoms with van der Waals surface area (Å²) >= 11 is 0. The fourth-order valence-electron chi connectivity index (χ4n) is 3.03. The summed E-state index contributed by atoms with van der Waals surface area (Å²) in [5, 5.41) is 11.0. The number of hydrogen-bond donors (Lipinski definition) is 2. The average Bonchev–Trinajstić information content (AvgIpc) is 3.00. The lowest BCUT2D eigenvalue weighted by Crippen LogP contribution is -1.93. The van der Waals surface area contributed by atoms with Crippen molar-refractivity contribution in [2.45, 2.75) is 58.3 Å². The summed E-state index contributed by atoms with van der Waals surface area (Å²) in [5.74, 6) is -0.663. The first kappa shape index (κ1) is 19.0. The standard InChI is InChI=1S/C12H9N.C10H20O2/c1-3-7-11-9(5-1)10-6-2-4-8-12(10)13-11;1-2-3-4-5-6-7-8-9-10(11)12/h1-8,13H;2-9H2,1H3,(H,11,12). The number of aromatic nitrogens is 1. The second-order valence-electron chi connectivity index (χ2n) is 6.48. The van der Waals surface area contributed by atoms with Gasteiger partial charge in [-0.3, -0.25) is 4.79 Å². The van der Waals surface area contributed by atoms with E-state index in [9.17, 15) is 4.79 Å². The average molecular weight is 339 g/mol. The van der Waals surface area contributed by atoms with Gasteiger partial charge in [-0.25, -0.2) is 0 Å². The Balaban J connectivity index is 0.000000182. The molecule has 0 atom stereocenters. The molecule has 0 unspecified atom stereocenters. The lowest BCUT2D eigenvalue weighted by molar-refractivity contribution is -0.137. The van der Waals surface area contributed by atoms with E-state index in [1.807, 2.05) is 0 Å². The van der Waals surface area contributed by atoms with Gasteiger partial charge in [0, 0.05) is 28.2 Å². The van der Waals surface area contributed by atoms with Crippen molar-refractivity contribution in [2.75, 3.05) is 0 Å². The van der Waals surface area contributed by atoms with Crippen molar-refractivity contribution in [1.82, 2.24) is 4.98 Å². The van der Waals surface area contributed by atoms with E-state index < -0.39 is 5.97 Å². The highest BCUT2D eigenvalue weighted by Crippen LogP contribution is 2.24. The van der Waals surface area contributed by atoms with E-state index in [1.165, 1.54) is 53.9 Å². The minimum absolute atomic E-state index is 0.341. The molecule has 1 aromatic heterocycles. The number of carboxylic acids is 1. The van der Waals surface area contributed by atoms with Gasteiger partial charge in [0.2, 0.25) is 0 Å². The zero-order valence-corrected chi connectivity index (χ0v) is 15.1. The first-order valence-electron chi connectivity index (χ1n) is 9.39. The van der Waals surface area contributed by atoms with Crippen LogP contribution in [0, 0.1) is 0 Å². The summed E-state index contributed by atoms with van der Waals surface area (Å²) in [6.07, 6.45) is 8.64. The van der Waals surface area contributed by atoms with Crippen molar-refractivity contribution in [3.63, 3.8) is 0 Å². The Hall–Kier alpha value is -2.29. The fraction of sp³-hybridized carbons (Fsp3) is 0.409. The van der Waals surface area contributed by atoms with Crippen LogP contribution in [0.4, 0.5) is 0 Å². The van der Waals surface area contributed by atoms with Gasteiger partial charge >= 0.3 is 5.97 Å². The molecule has 0 aliphatic rings. The number of unbranched alkanes of at least 4 members (excludes halogenated alkanes) is 6. The normalized spacial score (nSPS) is 10.6. The van der Waals surface area contributed by atoms with Gasteiger partial charge in [-0.1, -0.05) is 81.8 Å². The first-order chi connectivity index (χ1) is 12.2. The zero-order chi connectivity index (χ0) is 17.9. The molecule has 0 bridgehead atoms. The van der Waals surface area contributed by atoms with Gasteiger partial charge < -0.3 is 10.1 Å². The van der Waals surface area contributed by atoms with Crippen LogP contribution in [0.2, 0.25) is 0 Å². The van der Waals surface area contributed by atoms with E-state index in [4.69, 9.17) is 5.11 Å². The molecule has 0 fully saturated rings. The summed E-state index contributed by atoms with van der Waals surface area (Å²) in [6, 6.07) is 16.8. The first-order valence-corrected chi connectivity index (χ1v) is 9.39. The van der Waals surface area contributed by atoms with Crippen molar-refractivity contribution in [1.29, 1.82) is 0 Å². The molecule has 3 heteroatoms. The molecule has 134 valence electrons. The SMILES string of the molecule is CCCCCCCCCC(=O)O.c1ccc2c(c1)[nH]c1ccccc12. The largest absolute Gasteiger partial charge is 0.481 e. The molecule has 25 heavy (non-hydrogen) atoms. The van der Waals surface area contributed by atoms with Crippen molar-refractivity contribution in [3.05, 3.63) is 48.5 Å². The number of fused-ring (bicyclic) bond motifs is 3. The maximum absolute atomic E-state index is 10.1. The lowest BCUT2D eigenvalue weighted by Gasteiger charge is -1.98. The second kappa shape index (κ2) is 10.5. The molecule has 0 aliphatic carbocycles. The summed E-state index contributed by atoms with van der Waals surface area (Å²) in [6.45, 7) is 2.20. The molecule has 3 rings (SSSR count). The van der Waals surface area contributed by atoms with Crippen LogP contribution in [0.25, 0.3) is 21.8 Å². The van der Waals surface area contributed by atoms with Crippen molar-refractivity contribution < 1.29 is 9.90 Å². The van der Waals surface area contributed by atoms with Crippen molar-refractivity contribution in [2.24, 2.45) is 0 Å². The van der Waals surface area contributed by atoms with Gasteiger partial charge in [-0.15, -0.1) is 0 Å². The van der Waals surface area contributed by atoms with Crippen LogP contribution in [-0.2, 0) is 4.79 Å². The van der Waals surface area contributed by atoms with Crippen LogP contribution < -0.4 is 0 Å². The minimum atomic E-state index is -0.663. The Morgan fingerprint density at radius 2 is 1.28 bits per heavy atom. The van der Waals surface area contributed by atoms with Crippen LogP contribution in [0.3, 0.4) is 0 Å². The number of nitrogens with one attached hydrogen (secondary N) is 1. The van der Waals surface area contributed by atoms with E-state index in [0.29, 0.717) is 6.42 Å². The van der Waals surface area contributed by atoms with Crippen LogP contribution in [0.5, 0.6) is 0 Å². The van der Waals surface area contributed by atoms with E-state index in [0.717, 1.165) is 12.8 Å². The quantitative estimate of drug-likeness (QED) is 0.458. The molecule has 3 nitrogen and oxygen atoms in total. The summed E-state index contributed by atoms with van der Waals surface area (Å²) < 4.78 is 0. The number of aromatic amines is 1. The van der Waals surface area contributed by atoms with Gasteiger partial charge in [0.1, 0.15) is 0 Å². The van der Waals surface area contributed by atoms with E-state index >= 15 is 0 Å². The van der Waals surface area contributed by atoms with Gasteiger partial charge in [0.05, 0.1) is 0 Å². The minimum Gasteiger partial charge on any atom is -0.481 e. The third kappa shape index (κ3) is 6.26. The number of hydrogen-bond acceptors (Lipinski definition) is 1. The van der Waals surface area contributed by atoms with Crippen LogP contribution >= 0.6 is 0 Å². The highest BCUT2D eigenvalue weighted by Gasteiger charge is 2.00. The predicted octanol–water partition coefficient (Wildman–Crippen LogP) is 6.53. The molecular formula is C22H29NO2. The molecule has 0 spiro atoms. The number of carbonyl (C=O) groups is 1. The van der Waals surface area contributed by atoms with Crippen LogP contribution in [0.15, 0.2) is 48.5 Å². The third-order valence-electron chi connectivity index (χ3n) is 4.41. The van der Waals surface area contributed by atoms with Gasteiger partial charge in [-0.05, 0) is 18.6 Å². The number of aliphatic carboxylic acids is 1. The Kier molecular flexibility index (Phi) is 8.03. The van der Waals surface area contributed by atoms with Crippen molar-refractivity contribution >= 4 is 27.8 Å². The molecule has 3 aromatic rings. The summed E-state index contributed by atoms with van der Waals surface area (Å²) in [7, 11) is 0. The topological polar surface area (TPSA) is 53.1 Å². The van der Waals surface area contributed by atoms with Gasteiger partial charge in [-0.2, -0.15) is 0 Å². The lowest BCUT2D eigenvalue weighted by atomic mass is 10.1. The summed E-state index contributed by atoms with van der Waals surface area (Å²) in [5.41, 5.74) is 2.42. The Morgan fingerprint density at radius 3 is 1.80 bits per heavy atom. The molecule has 0 amide bonds. The Bertz CT molecular complexity index is 725. The predicted molar refractivity (Wildman–Crippen MR) is 106 cm³/mol. The monoisotopic (exact) mass is 339 g/mol. The maximum atomic E-state index is 10.1. The molecule has 0 saturated carbocycles. The molecular weight excluding hydrogens is 310 g/mol. The Labute approximate surface area is 150 Å². The summed E-state index contributed by atoms with van der Waals surface area (Å²) in [4.78, 5) is 13.5. The number of para-hydroxylation sites is 2. The van der Waals surface area contributed by atoms with Crippen molar-refractivity contribution in [3.8, 4) is 0 Å². The van der Waals surface area contributed by atoms with E-state index in [1.54, 1.807) is 0 Å². The molecule has 0 radical (unpaired) electrons. The molecule has 1 heterocycles. The highest BCUT2D eigenvalue weighted by atomic mass is 16.4. The Morgan fingerprint density at radius 1 is 0.800 bits per heavy atom. The van der Waals surface area contributed by atoms with Gasteiger partial charge in [0.25, 0.3) is 0 Å². The number of rotatable bonds is 8. The number of carboxylic acid groups (broad SMARTS) is 1. The second-order valence-corrected chi connectivity index (χ2v) is 6.48. The fourth-order valence-corrected chi connectivity index (χ4v) is 3.03. The van der Waals surface area contributed by atoms with E-state index in [-0.39, 0.29) is 0 Å². The van der Waals surface area contributed by atoms with E-state index in [2.05, 4.69) is 60.4 Å². The third-order valence-corrected chi connectivity index (χ3v) is 4.41. The molecule has 2 N–H and O–H groups in total. The molecule has 2 aromatic carbocycles. The molecule has 0 saturated heterocycles. The zero-order valence-electron chi connectivity index (χ0n) is 15.1. The maximum Gasteiger partial charge on any atom is 0.303 e. The van der Waals surface area contributed by atoms with Gasteiger partial charge in [0.15, 0.2) is 0 Å². The molecule has 0 aliphatic heterocycles. The van der Waals surface area contributed by atoms with Crippen LogP contribution in [-0.4, -0.2) is 16.1 Å². The highest BCUT2D eigenvalue weighted by molar-refractivity contribution is 6.06. The number of benzene rings is 2. The van der Waals surface area contributed by atoms with Crippen LogP contribution in [0.1, 0.15) is 58.3 Å². The number of H-pyrrole nitrogens is 1. The smallest absolute Gasteiger partial charge is 0.303 e.